The zero-order chi connectivity index (χ0) is 14.0. The first-order valence-corrected chi connectivity index (χ1v) is 6.00. The van der Waals surface area contributed by atoms with Crippen LogP contribution in [0.5, 0.6) is 0 Å². The molecule has 0 saturated heterocycles. The monoisotopic (exact) mass is 257 g/mol. The van der Waals surface area contributed by atoms with E-state index in [0.29, 0.717) is 28.5 Å². The van der Waals surface area contributed by atoms with Crippen molar-refractivity contribution in [2.45, 2.75) is 26.7 Å². The third-order valence-electron chi connectivity index (χ3n) is 3.02. The van der Waals surface area contributed by atoms with Gasteiger partial charge in [-0.15, -0.1) is 0 Å². The molecule has 0 aliphatic rings. The molecule has 0 amide bonds. The van der Waals surface area contributed by atoms with E-state index in [1.54, 1.807) is 27.0 Å². The summed E-state index contributed by atoms with van der Waals surface area (Å²) in [5.74, 6) is -0.963. The Kier molecular flexibility index (Phi) is 3.55. The van der Waals surface area contributed by atoms with E-state index in [0.717, 1.165) is 0 Å². The molecule has 2 rings (SSSR count). The lowest BCUT2D eigenvalue weighted by molar-refractivity contribution is -0.138. The second-order valence-corrected chi connectivity index (χ2v) is 4.41. The maximum atomic E-state index is 11.1. The minimum Gasteiger partial charge on any atom is -0.481 e. The van der Waals surface area contributed by atoms with Crippen LogP contribution in [0.3, 0.4) is 0 Å². The Labute approximate surface area is 111 Å². The Bertz CT molecular complexity index is 588. The Morgan fingerprint density at radius 1 is 1.21 bits per heavy atom. The fourth-order valence-electron chi connectivity index (χ4n) is 2.08. The van der Waals surface area contributed by atoms with Gasteiger partial charge in [0.15, 0.2) is 5.82 Å². The molecule has 19 heavy (non-hydrogen) atoms. The Hall–Kier alpha value is -2.30. The highest BCUT2D eigenvalue weighted by Crippen LogP contribution is 2.23. The van der Waals surface area contributed by atoms with Gasteiger partial charge in [-0.3, -0.25) is 9.78 Å². The largest absolute Gasteiger partial charge is 0.481 e. The number of nitrogens with zero attached hydrogens (tertiary/aromatic N) is 3. The standard InChI is InChI=1S/C14H15N3O2/c1-8(14(18)19)12-9(2)16-13(17-10(12)3)11-6-4-5-7-15-11/h4-8H,1-3H3,(H,18,19). The van der Waals surface area contributed by atoms with Crippen LogP contribution in [0.1, 0.15) is 29.8 Å². The van der Waals surface area contributed by atoms with Crippen LogP contribution >= 0.6 is 0 Å². The summed E-state index contributed by atoms with van der Waals surface area (Å²) in [5.41, 5.74) is 2.72. The van der Waals surface area contributed by atoms with Crippen molar-refractivity contribution in [3.8, 4) is 11.5 Å². The van der Waals surface area contributed by atoms with Gasteiger partial charge in [0.25, 0.3) is 0 Å². The van der Waals surface area contributed by atoms with Crippen LogP contribution < -0.4 is 0 Å². The topological polar surface area (TPSA) is 76.0 Å². The molecule has 0 spiro atoms. The zero-order valence-electron chi connectivity index (χ0n) is 11.1. The average molecular weight is 257 g/mol. The number of hydrogen-bond acceptors (Lipinski definition) is 4. The predicted octanol–water partition coefficient (Wildman–Crippen LogP) is 2.34. The maximum Gasteiger partial charge on any atom is 0.310 e. The van der Waals surface area contributed by atoms with E-state index in [-0.39, 0.29) is 0 Å². The molecule has 0 fully saturated rings. The Morgan fingerprint density at radius 2 is 1.84 bits per heavy atom. The average Bonchev–Trinajstić information content (AvgIpc) is 2.38. The lowest BCUT2D eigenvalue weighted by Crippen LogP contribution is -2.13. The zero-order valence-corrected chi connectivity index (χ0v) is 11.1. The number of carbonyl (C=O) groups is 1. The molecule has 2 aromatic rings. The molecule has 0 radical (unpaired) electrons. The van der Waals surface area contributed by atoms with Crippen molar-refractivity contribution in [3.05, 3.63) is 41.3 Å². The summed E-state index contributed by atoms with van der Waals surface area (Å²) in [5, 5.41) is 9.10. The molecule has 1 atom stereocenters. The van der Waals surface area contributed by atoms with Gasteiger partial charge in [-0.2, -0.15) is 0 Å². The fraction of sp³-hybridized carbons (Fsp3) is 0.286. The van der Waals surface area contributed by atoms with Crippen LogP contribution in [-0.2, 0) is 4.79 Å². The lowest BCUT2D eigenvalue weighted by atomic mass is 9.98. The first kappa shape index (κ1) is 13.1. The molecule has 0 saturated carbocycles. The molecule has 0 aromatic carbocycles. The van der Waals surface area contributed by atoms with Crippen molar-refractivity contribution in [1.82, 2.24) is 15.0 Å². The first-order chi connectivity index (χ1) is 9.00. The molecule has 5 nitrogen and oxygen atoms in total. The number of aromatic nitrogens is 3. The second-order valence-electron chi connectivity index (χ2n) is 4.41. The van der Waals surface area contributed by atoms with Gasteiger partial charge >= 0.3 is 5.97 Å². The molecular weight excluding hydrogens is 242 g/mol. The molecule has 0 bridgehead atoms. The summed E-state index contributed by atoms with van der Waals surface area (Å²) in [6.45, 7) is 5.24. The van der Waals surface area contributed by atoms with E-state index in [9.17, 15) is 4.79 Å². The predicted molar refractivity (Wildman–Crippen MR) is 70.8 cm³/mol. The Balaban J connectivity index is 2.51. The smallest absolute Gasteiger partial charge is 0.310 e. The highest BCUT2D eigenvalue weighted by molar-refractivity contribution is 5.76. The summed E-state index contributed by atoms with van der Waals surface area (Å²) in [6, 6.07) is 5.52. The molecule has 98 valence electrons. The highest BCUT2D eigenvalue weighted by Gasteiger charge is 2.21. The van der Waals surface area contributed by atoms with Crippen molar-refractivity contribution in [2.24, 2.45) is 0 Å². The Morgan fingerprint density at radius 3 is 2.32 bits per heavy atom. The highest BCUT2D eigenvalue weighted by atomic mass is 16.4. The van der Waals surface area contributed by atoms with Crippen molar-refractivity contribution < 1.29 is 9.90 Å². The van der Waals surface area contributed by atoms with E-state index in [1.165, 1.54) is 0 Å². The van der Waals surface area contributed by atoms with Crippen molar-refractivity contribution in [3.63, 3.8) is 0 Å². The van der Waals surface area contributed by atoms with Crippen LogP contribution in [0, 0.1) is 13.8 Å². The third kappa shape index (κ3) is 2.59. The normalized spacial score (nSPS) is 12.2. The maximum absolute atomic E-state index is 11.1. The summed E-state index contributed by atoms with van der Waals surface area (Å²) < 4.78 is 0. The van der Waals surface area contributed by atoms with E-state index in [4.69, 9.17) is 5.11 Å². The molecule has 5 heteroatoms. The molecule has 1 unspecified atom stereocenters. The van der Waals surface area contributed by atoms with Crippen molar-refractivity contribution in [1.29, 1.82) is 0 Å². The minimum atomic E-state index is -0.875. The molecule has 0 aliphatic carbocycles. The number of rotatable bonds is 3. The SMILES string of the molecule is Cc1nc(-c2ccccn2)nc(C)c1C(C)C(=O)O. The summed E-state index contributed by atoms with van der Waals surface area (Å²) in [7, 11) is 0. The van der Waals surface area contributed by atoms with E-state index in [2.05, 4.69) is 15.0 Å². The number of aliphatic carboxylic acids is 1. The first-order valence-electron chi connectivity index (χ1n) is 6.00. The third-order valence-corrected chi connectivity index (χ3v) is 3.02. The lowest BCUT2D eigenvalue weighted by Gasteiger charge is -2.13. The molecule has 0 aliphatic heterocycles. The van der Waals surface area contributed by atoms with Gasteiger partial charge in [0.1, 0.15) is 5.69 Å². The van der Waals surface area contributed by atoms with Gasteiger partial charge in [0, 0.05) is 23.1 Å². The van der Waals surface area contributed by atoms with Gasteiger partial charge in [0.05, 0.1) is 5.92 Å². The van der Waals surface area contributed by atoms with Crippen molar-refractivity contribution in [2.75, 3.05) is 0 Å². The molecule has 2 heterocycles. The molecular formula is C14H15N3O2. The van der Waals surface area contributed by atoms with Crippen LogP contribution in [0.25, 0.3) is 11.5 Å². The van der Waals surface area contributed by atoms with E-state index >= 15 is 0 Å². The number of carboxylic acid groups (broad SMARTS) is 1. The van der Waals surface area contributed by atoms with Crippen LogP contribution in [-0.4, -0.2) is 26.0 Å². The van der Waals surface area contributed by atoms with E-state index < -0.39 is 11.9 Å². The van der Waals surface area contributed by atoms with Gasteiger partial charge in [-0.1, -0.05) is 6.07 Å². The second kappa shape index (κ2) is 5.14. The minimum absolute atomic E-state index is 0.525. The summed E-state index contributed by atoms with van der Waals surface area (Å²) in [6.07, 6.45) is 1.68. The van der Waals surface area contributed by atoms with Crippen molar-refractivity contribution >= 4 is 5.97 Å². The van der Waals surface area contributed by atoms with Crippen LogP contribution in [0.4, 0.5) is 0 Å². The van der Waals surface area contributed by atoms with Gasteiger partial charge in [-0.25, -0.2) is 9.97 Å². The van der Waals surface area contributed by atoms with Gasteiger partial charge in [0.2, 0.25) is 0 Å². The summed E-state index contributed by atoms with van der Waals surface area (Å²) >= 11 is 0. The van der Waals surface area contributed by atoms with Gasteiger partial charge in [-0.05, 0) is 32.9 Å². The quantitative estimate of drug-likeness (QED) is 0.913. The molecule has 1 N–H and O–H groups in total. The fourth-order valence-corrected chi connectivity index (χ4v) is 2.08. The summed E-state index contributed by atoms with van der Waals surface area (Å²) in [4.78, 5) is 24.0. The van der Waals surface area contributed by atoms with Gasteiger partial charge < -0.3 is 5.11 Å². The number of carboxylic acids is 1. The number of hydrogen-bond donors (Lipinski definition) is 1. The number of pyridine rings is 1. The van der Waals surface area contributed by atoms with Crippen LogP contribution in [0.2, 0.25) is 0 Å². The number of aryl methyl sites for hydroxylation is 2. The van der Waals surface area contributed by atoms with E-state index in [1.807, 2.05) is 18.2 Å². The van der Waals surface area contributed by atoms with Crippen LogP contribution in [0.15, 0.2) is 24.4 Å². The molecule has 2 aromatic heterocycles.